The molecule has 3 rings (SSSR count). The fraction of sp³-hybridized carbons (Fsp3) is 0.643. The summed E-state index contributed by atoms with van der Waals surface area (Å²) < 4.78 is 0.917. The molecule has 0 radical (unpaired) electrons. The molecule has 4 heteroatoms. The normalized spacial score (nSPS) is 31.6. The van der Waals surface area contributed by atoms with E-state index in [2.05, 4.69) is 33.2 Å². The van der Waals surface area contributed by atoms with Gasteiger partial charge in [0.25, 0.3) is 5.91 Å². The Bertz CT molecular complexity index is 456. The molecule has 18 heavy (non-hydrogen) atoms. The topological polar surface area (TPSA) is 44.9 Å². The van der Waals surface area contributed by atoms with Crippen molar-refractivity contribution < 1.29 is 4.79 Å². The Labute approximate surface area is 116 Å². The van der Waals surface area contributed by atoms with E-state index in [1.165, 1.54) is 25.7 Å². The largest absolute Gasteiger partial charge is 0.356 e. The van der Waals surface area contributed by atoms with Crippen molar-refractivity contribution in [1.82, 2.24) is 10.3 Å². The summed E-state index contributed by atoms with van der Waals surface area (Å²) in [6.07, 6.45) is 7.26. The van der Waals surface area contributed by atoms with E-state index in [0.717, 1.165) is 16.3 Å². The molecule has 1 heterocycles. The third kappa shape index (κ3) is 2.22. The maximum absolute atomic E-state index is 12.1. The highest BCUT2D eigenvalue weighted by atomic mass is 79.9. The number of hydrogen-bond acceptors (Lipinski definition) is 1. The number of H-pyrrole nitrogens is 1. The van der Waals surface area contributed by atoms with E-state index in [0.29, 0.717) is 11.6 Å². The van der Waals surface area contributed by atoms with Gasteiger partial charge >= 0.3 is 0 Å². The van der Waals surface area contributed by atoms with Gasteiger partial charge in [-0.2, -0.15) is 0 Å². The molecule has 2 saturated carbocycles. The minimum Gasteiger partial charge on any atom is -0.356 e. The fourth-order valence-electron chi connectivity index (χ4n) is 3.80. The number of carbonyl (C=O) groups excluding carboxylic acids is 1. The second-order valence-electron chi connectivity index (χ2n) is 5.83. The second kappa shape index (κ2) is 4.72. The van der Waals surface area contributed by atoms with Crippen LogP contribution in [0.2, 0.25) is 0 Å². The molecule has 1 aromatic rings. The molecule has 98 valence electrons. The Balaban J connectivity index is 1.61. The molecular formula is C14H19BrN2O. The SMILES string of the molecule is CC(NC(=O)c1cc(Br)c[nH]1)C1CC2CCC1C2. The lowest BCUT2D eigenvalue weighted by Gasteiger charge is -2.28. The van der Waals surface area contributed by atoms with E-state index in [9.17, 15) is 4.79 Å². The van der Waals surface area contributed by atoms with Crippen LogP contribution in [0.1, 0.15) is 43.1 Å². The quantitative estimate of drug-likeness (QED) is 0.883. The average molecular weight is 311 g/mol. The van der Waals surface area contributed by atoms with Crippen molar-refractivity contribution in [1.29, 1.82) is 0 Å². The van der Waals surface area contributed by atoms with Gasteiger partial charge in [0.2, 0.25) is 0 Å². The van der Waals surface area contributed by atoms with Crippen molar-refractivity contribution in [3.05, 3.63) is 22.4 Å². The first-order valence-electron chi connectivity index (χ1n) is 6.78. The van der Waals surface area contributed by atoms with Crippen LogP contribution in [0, 0.1) is 17.8 Å². The molecule has 4 unspecified atom stereocenters. The zero-order valence-corrected chi connectivity index (χ0v) is 12.2. The Morgan fingerprint density at radius 1 is 1.50 bits per heavy atom. The molecule has 2 bridgehead atoms. The number of halogens is 1. The molecule has 2 N–H and O–H groups in total. The van der Waals surface area contributed by atoms with Crippen LogP contribution in [0.4, 0.5) is 0 Å². The van der Waals surface area contributed by atoms with Gasteiger partial charge in [0.05, 0.1) is 0 Å². The molecule has 0 aromatic carbocycles. The summed E-state index contributed by atoms with van der Waals surface area (Å²) in [6.45, 7) is 2.15. The molecule has 1 aromatic heterocycles. The number of aromatic amines is 1. The predicted molar refractivity (Wildman–Crippen MR) is 74.4 cm³/mol. The highest BCUT2D eigenvalue weighted by Gasteiger charge is 2.42. The van der Waals surface area contributed by atoms with Crippen LogP contribution in [0.3, 0.4) is 0 Å². The average Bonchev–Trinajstić information content (AvgIpc) is 3.03. The summed E-state index contributed by atoms with van der Waals surface area (Å²) in [6, 6.07) is 2.11. The Hall–Kier alpha value is -0.770. The molecule has 2 aliphatic rings. The van der Waals surface area contributed by atoms with Gasteiger partial charge in [0.1, 0.15) is 5.69 Å². The van der Waals surface area contributed by atoms with Crippen LogP contribution in [-0.4, -0.2) is 16.9 Å². The lowest BCUT2D eigenvalue weighted by Crippen LogP contribution is -2.40. The van der Waals surface area contributed by atoms with E-state index in [4.69, 9.17) is 0 Å². The van der Waals surface area contributed by atoms with Gasteiger partial charge in [-0.25, -0.2) is 0 Å². The van der Waals surface area contributed by atoms with E-state index in [-0.39, 0.29) is 11.9 Å². The van der Waals surface area contributed by atoms with Crippen LogP contribution in [0.25, 0.3) is 0 Å². The summed E-state index contributed by atoms with van der Waals surface area (Å²) in [4.78, 5) is 15.0. The van der Waals surface area contributed by atoms with Crippen LogP contribution in [-0.2, 0) is 0 Å². The first-order valence-corrected chi connectivity index (χ1v) is 7.57. The second-order valence-corrected chi connectivity index (χ2v) is 6.75. The minimum atomic E-state index is 0.0102. The van der Waals surface area contributed by atoms with Crippen LogP contribution in [0.15, 0.2) is 16.7 Å². The van der Waals surface area contributed by atoms with Gasteiger partial charge in [-0.15, -0.1) is 0 Å². The first kappa shape index (κ1) is 12.3. The van der Waals surface area contributed by atoms with Crippen molar-refractivity contribution in [2.75, 3.05) is 0 Å². The van der Waals surface area contributed by atoms with Crippen molar-refractivity contribution in [3.8, 4) is 0 Å². The summed E-state index contributed by atoms with van der Waals surface area (Å²) in [5, 5.41) is 3.15. The maximum atomic E-state index is 12.1. The minimum absolute atomic E-state index is 0.0102. The highest BCUT2D eigenvalue weighted by molar-refractivity contribution is 9.10. The van der Waals surface area contributed by atoms with Gasteiger partial charge in [-0.05, 0) is 65.9 Å². The first-order chi connectivity index (χ1) is 8.63. The summed E-state index contributed by atoms with van der Waals surface area (Å²) >= 11 is 3.35. The fourth-order valence-corrected chi connectivity index (χ4v) is 4.14. The predicted octanol–water partition coefficient (Wildman–Crippen LogP) is 3.33. The Morgan fingerprint density at radius 2 is 2.33 bits per heavy atom. The monoisotopic (exact) mass is 310 g/mol. The number of aromatic nitrogens is 1. The van der Waals surface area contributed by atoms with Gasteiger partial charge in [-0.3, -0.25) is 4.79 Å². The summed E-state index contributed by atoms with van der Waals surface area (Å²) in [5.41, 5.74) is 0.636. The molecule has 3 nitrogen and oxygen atoms in total. The molecule has 2 aliphatic carbocycles. The molecule has 2 fully saturated rings. The zero-order chi connectivity index (χ0) is 12.7. The van der Waals surface area contributed by atoms with Crippen molar-refractivity contribution >= 4 is 21.8 Å². The molecule has 1 amide bonds. The van der Waals surface area contributed by atoms with E-state index in [1.807, 2.05) is 6.07 Å². The Kier molecular flexibility index (Phi) is 3.22. The zero-order valence-electron chi connectivity index (χ0n) is 10.6. The molecule has 0 saturated heterocycles. The van der Waals surface area contributed by atoms with Gasteiger partial charge in [0, 0.05) is 16.7 Å². The van der Waals surface area contributed by atoms with Gasteiger partial charge in [-0.1, -0.05) is 6.42 Å². The Morgan fingerprint density at radius 3 is 2.89 bits per heavy atom. The lowest BCUT2D eigenvalue weighted by atomic mass is 9.84. The molecule has 0 aliphatic heterocycles. The maximum Gasteiger partial charge on any atom is 0.267 e. The lowest BCUT2D eigenvalue weighted by molar-refractivity contribution is 0.0911. The highest BCUT2D eigenvalue weighted by Crippen LogP contribution is 2.49. The van der Waals surface area contributed by atoms with Gasteiger partial charge in [0.15, 0.2) is 0 Å². The van der Waals surface area contributed by atoms with Crippen LogP contribution in [0.5, 0.6) is 0 Å². The number of amides is 1. The molecule has 4 atom stereocenters. The molecule has 0 spiro atoms. The van der Waals surface area contributed by atoms with Crippen LogP contribution >= 0.6 is 15.9 Å². The van der Waals surface area contributed by atoms with Crippen molar-refractivity contribution in [2.45, 2.75) is 38.6 Å². The van der Waals surface area contributed by atoms with Crippen molar-refractivity contribution in [2.24, 2.45) is 17.8 Å². The number of rotatable bonds is 3. The summed E-state index contributed by atoms with van der Waals surface area (Å²) in [7, 11) is 0. The summed E-state index contributed by atoms with van der Waals surface area (Å²) in [5.74, 6) is 2.47. The van der Waals surface area contributed by atoms with Crippen molar-refractivity contribution in [3.63, 3.8) is 0 Å². The van der Waals surface area contributed by atoms with E-state index >= 15 is 0 Å². The number of carbonyl (C=O) groups is 1. The third-order valence-electron chi connectivity index (χ3n) is 4.69. The van der Waals surface area contributed by atoms with E-state index in [1.54, 1.807) is 6.20 Å². The van der Waals surface area contributed by atoms with E-state index < -0.39 is 0 Å². The number of hydrogen-bond donors (Lipinski definition) is 2. The van der Waals surface area contributed by atoms with Crippen LogP contribution < -0.4 is 5.32 Å². The number of nitrogens with one attached hydrogen (secondary N) is 2. The third-order valence-corrected chi connectivity index (χ3v) is 5.14. The number of fused-ring (bicyclic) bond motifs is 2. The van der Waals surface area contributed by atoms with Gasteiger partial charge < -0.3 is 10.3 Å². The standard InChI is InChI=1S/C14H19BrN2O/c1-8(12-5-9-2-3-10(12)4-9)17-14(18)13-6-11(15)7-16-13/h6-10,12,16H,2-5H2,1H3,(H,17,18). The smallest absolute Gasteiger partial charge is 0.267 e. The molecular weight excluding hydrogens is 292 g/mol.